The minimum absolute atomic E-state index is 0.0904. The Labute approximate surface area is 119 Å². The molecule has 2 N–H and O–H groups in total. The predicted octanol–water partition coefficient (Wildman–Crippen LogP) is 3.32. The number of benzene rings is 1. The van der Waals surface area contributed by atoms with Gasteiger partial charge in [0.1, 0.15) is 5.82 Å². The largest absolute Gasteiger partial charge is 0.346 e. The molecule has 2 aromatic rings. The molecule has 1 atom stereocenters. The van der Waals surface area contributed by atoms with Crippen molar-refractivity contribution in [2.45, 2.75) is 45.6 Å². The van der Waals surface area contributed by atoms with Crippen LogP contribution in [0.4, 0.5) is 0 Å². The molecule has 1 amide bonds. The molecular weight excluding hydrogens is 250 g/mol. The first kappa shape index (κ1) is 13.2. The molecule has 1 unspecified atom stereocenters. The summed E-state index contributed by atoms with van der Waals surface area (Å²) in [5, 5.41) is 3.11. The topological polar surface area (TPSA) is 57.8 Å². The van der Waals surface area contributed by atoms with Crippen molar-refractivity contribution >= 4 is 16.9 Å². The van der Waals surface area contributed by atoms with E-state index in [0.29, 0.717) is 0 Å². The Morgan fingerprint density at radius 1 is 1.35 bits per heavy atom. The molecule has 1 aromatic carbocycles. The molecule has 0 spiro atoms. The van der Waals surface area contributed by atoms with Crippen molar-refractivity contribution in [1.82, 2.24) is 15.3 Å². The fraction of sp³-hybridized carbons (Fsp3) is 0.500. The molecule has 106 valence electrons. The third-order valence-electron chi connectivity index (χ3n) is 4.42. The van der Waals surface area contributed by atoms with E-state index in [1.165, 1.54) is 0 Å². The van der Waals surface area contributed by atoms with Crippen molar-refractivity contribution < 1.29 is 4.79 Å². The molecule has 4 heteroatoms. The monoisotopic (exact) mass is 271 g/mol. The van der Waals surface area contributed by atoms with Crippen LogP contribution in [0.5, 0.6) is 0 Å². The third kappa shape index (κ3) is 2.30. The van der Waals surface area contributed by atoms with Crippen LogP contribution in [0, 0.1) is 5.41 Å². The molecule has 3 rings (SSSR count). The highest BCUT2D eigenvalue weighted by atomic mass is 16.2. The Hall–Kier alpha value is -1.84. The zero-order valence-corrected chi connectivity index (χ0v) is 12.1. The van der Waals surface area contributed by atoms with Crippen molar-refractivity contribution in [3.8, 4) is 0 Å². The van der Waals surface area contributed by atoms with E-state index in [4.69, 9.17) is 0 Å². The van der Waals surface area contributed by atoms with Gasteiger partial charge in [-0.05, 0) is 31.9 Å². The number of aromatic amines is 1. The summed E-state index contributed by atoms with van der Waals surface area (Å²) in [6.45, 7) is 4.05. The van der Waals surface area contributed by atoms with Gasteiger partial charge in [-0.2, -0.15) is 0 Å². The van der Waals surface area contributed by atoms with Crippen molar-refractivity contribution in [3.63, 3.8) is 0 Å². The van der Waals surface area contributed by atoms with Gasteiger partial charge in [0.05, 0.1) is 17.1 Å². The van der Waals surface area contributed by atoms with Crippen molar-refractivity contribution in [3.05, 3.63) is 30.1 Å². The molecule has 1 fully saturated rings. The summed E-state index contributed by atoms with van der Waals surface area (Å²) >= 11 is 0. The second-order valence-corrected chi connectivity index (χ2v) is 6.10. The summed E-state index contributed by atoms with van der Waals surface area (Å²) in [6, 6.07) is 7.83. The van der Waals surface area contributed by atoms with Crippen LogP contribution in [0.3, 0.4) is 0 Å². The lowest BCUT2D eigenvalue weighted by atomic mass is 9.87. The quantitative estimate of drug-likeness (QED) is 0.899. The van der Waals surface area contributed by atoms with Crippen LogP contribution in [-0.2, 0) is 4.79 Å². The average molecular weight is 271 g/mol. The summed E-state index contributed by atoms with van der Waals surface area (Å²) in [7, 11) is 0. The maximum atomic E-state index is 12.4. The van der Waals surface area contributed by atoms with Crippen LogP contribution < -0.4 is 5.32 Å². The van der Waals surface area contributed by atoms with E-state index in [2.05, 4.69) is 22.2 Å². The number of hydrogen-bond acceptors (Lipinski definition) is 2. The maximum absolute atomic E-state index is 12.4. The third-order valence-corrected chi connectivity index (χ3v) is 4.42. The second-order valence-electron chi connectivity index (χ2n) is 6.10. The molecule has 4 nitrogen and oxygen atoms in total. The number of hydrogen-bond donors (Lipinski definition) is 2. The number of nitrogens with one attached hydrogen (secondary N) is 2. The number of nitrogens with zero attached hydrogens (tertiary/aromatic N) is 1. The molecule has 0 aliphatic heterocycles. The fourth-order valence-corrected chi connectivity index (χ4v) is 3.00. The molecule has 0 bridgehead atoms. The first-order chi connectivity index (χ1) is 9.58. The normalized spacial score (nSPS) is 19.1. The zero-order valence-electron chi connectivity index (χ0n) is 12.1. The first-order valence-electron chi connectivity index (χ1n) is 7.34. The SMILES string of the molecule is CC(NC(=O)C1(C)CCCC1)c1nc2ccccc2[nH]1. The van der Waals surface area contributed by atoms with E-state index in [9.17, 15) is 4.79 Å². The van der Waals surface area contributed by atoms with Gasteiger partial charge < -0.3 is 10.3 Å². The van der Waals surface area contributed by atoms with Gasteiger partial charge in [-0.3, -0.25) is 4.79 Å². The van der Waals surface area contributed by atoms with Gasteiger partial charge in [0.2, 0.25) is 5.91 Å². The molecule has 0 radical (unpaired) electrons. The maximum Gasteiger partial charge on any atom is 0.226 e. The fourth-order valence-electron chi connectivity index (χ4n) is 3.00. The number of rotatable bonds is 3. The van der Waals surface area contributed by atoms with Crippen LogP contribution >= 0.6 is 0 Å². The number of fused-ring (bicyclic) bond motifs is 1. The lowest BCUT2D eigenvalue weighted by Gasteiger charge is -2.24. The van der Waals surface area contributed by atoms with Crippen molar-refractivity contribution in [1.29, 1.82) is 0 Å². The summed E-state index contributed by atoms with van der Waals surface area (Å²) in [5.41, 5.74) is 1.76. The highest BCUT2D eigenvalue weighted by Crippen LogP contribution is 2.38. The van der Waals surface area contributed by atoms with Crippen LogP contribution in [0.1, 0.15) is 51.4 Å². The highest BCUT2D eigenvalue weighted by Gasteiger charge is 2.36. The van der Waals surface area contributed by atoms with E-state index >= 15 is 0 Å². The Bertz CT molecular complexity index is 592. The number of amides is 1. The summed E-state index contributed by atoms with van der Waals surface area (Å²) in [4.78, 5) is 20.2. The van der Waals surface area contributed by atoms with Gasteiger partial charge in [0.15, 0.2) is 0 Å². The van der Waals surface area contributed by atoms with E-state index in [0.717, 1.165) is 42.5 Å². The molecule has 1 aliphatic carbocycles. The minimum Gasteiger partial charge on any atom is -0.346 e. The van der Waals surface area contributed by atoms with Crippen LogP contribution in [0.2, 0.25) is 0 Å². The van der Waals surface area contributed by atoms with E-state index < -0.39 is 0 Å². The zero-order chi connectivity index (χ0) is 14.2. The number of para-hydroxylation sites is 2. The number of carbonyl (C=O) groups excluding carboxylic acids is 1. The van der Waals surface area contributed by atoms with E-state index in [1.807, 2.05) is 31.2 Å². The number of H-pyrrole nitrogens is 1. The minimum atomic E-state index is -0.194. The first-order valence-corrected chi connectivity index (χ1v) is 7.34. The van der Waals surface area contributed by atoms with Gasteiger partial charge in [-0.25, -0.2) is 4.98 Å². The molecule has 1 aliphatic rings. The summed E-state index contributed by atoms with van der Waals surface area (Å²) in [6.07, 6.45) is 4.29. The smallest absolute Gasteiger partial charge is 0.226 e. The van der Waals surface area contributed by atoms with Gasteiger partial charge in [-0.15, -0.1) is 0 Å². The Kier molecular flexibility index (Phi) is 3.24. The number of carbonyl (C=O) groups is 1. The van der Waals surface area contributed by atoms with E-state index in [-0.39, 0.29) is 17.4 Å². The molecule has 1 aromatic heterocycles. The Balaban J connectivity index is 1.75. The lowest BCUT2D eigenvalue weighted by Crippen LogP contribution is -2.38. The van der Waals surface area contributed by atoms with Gasteiger partial charge in [0.25, 0.3) is 0 Å². The van der Waals surface area contributed by atoms with Gasteiger partial charge in [-0.1, -0.05) is 31.9 Å². The second kappa shape index (κ2) is 4.93. The van der Waals surface area contributed by atoms with Gasteiger partial charge in [0, 0.05) is 5.41 Å². The standard InChI is InChI=1S/C16H21N3O/c1-11(17-15(20)16(2)9-5-6-10-16)14-18-12-7-3-4-8-13(12)19-14/h3-4,7-8,11H,5-6,9-10H2,1-2H3,(H,17,20)(H,18,19). The Morgan fingerprint density at radius 3 is 2.75 bits per heavy atom. The molecule has 1 heterocycles. The van der Waals surface area contributed by atoms with Gasteiger partial charge >= 0.3 is 0 Å². The highest BCUT2D eigenvalue weighted by molar-refractivity contribution is 5.83. The Morgan fingerprint density at radius 2 is 2.05 bits per heavy atom. The molecule has 20 heavy (non-hydrogen) atoms. The van der Waals surface area contributed by atoms with Crippen LogP contribution in [-0.4, -0.2) is 15.9 Å². The molecule has 1 saturated carbocycles. The van der Waals surface area contributed by atoms with Crippen molar-refractivity contribution in [2.24, 2.45) is 5.41 Å². The summed E-state index contributed by atoms with van der Waals surface area (Å²) < 4.78 is 0. The predicted molar refractivity (Wildman–Crippen MR) is 79.2 cm³/mol. The average Bonchev–Trinajstić information content (AvgIpc) is 3.05. The van der Waals surface area contributed by atoms with Crippen molar-refractivity contribution in [2.75, 3.05) is 0 Å². The van der Waals surface area contributed by atoms with Crippen LogP contribution in [0.15, 0.2) is 24.3 Å². The number of imidazole rings is 1. The van der Waals surface area contributed by atoms with Crippen LogP contribution in [0.25, 0.3) is 11.0 Å². The number of aromatic nitrogens is 2. The molecule has 0 saturated heterocycles. The summed E-state index contributed by atoms with van der Waals surface area (Å²) in [5.74, 6) is 0.976. The van der Waals surface area contributed by atoms with E-state index in [1.54, 1.807) is 0 Å². The molecular formula is C16H21N3O. The lowest BCUT2D eigenvalue weighted by molar-refractivity contribution is -0.130.